The SMILES string of the molecule is Cc1ccc(Cl)cc1N1CCN(C(=O)C(C)n2nc(-c3cccnc3)ccc2=O)CC1. The molecule has 1 saturated heterocycles. The Balaban J connectivity index is 1.48. The van der Waals surface area contributed by atoms with Gasteiger partial charge in [-0.05, 0) is 49.7 Å². The number of benzene rings is 1. The number of aryl methyl sites for hydroxylation is 1. The van der Waals surface area contributed by atoms with Crippen LogP contribution >= 0.6 is 11.6 Å². The van der Waals surface area contributed by atoms with Gasteiger partial charge >= 0.3 is 0 Å². The van der Waals surface area contributed by atoms with Crippen molar-refractivity contribution in [3.8, 4) is 11.3 Å². The lowest BCUT2D eigenvalue weighted by Gasteiger charge is -2.37. The molecule has 7 nitrogen and oxygen atoms in total. The molecule has 160 valence electrons. The number of piperazine rings is 1. The third-order valence-electron chi connectivity index (χ3n) is 5.61. The maximum absolute atomic E-state index is 13.1. The van der Waals surface area contributed by atoms with Crippen LogP contribution in [0.15, 0.2) is 59.7 Å². The van der Waals surface area contributed by atoms with Crippen molar-refractivity contribution >= 4 is 23.2 Å². The summed E-state index contributed by atoms with van der Waals surface area (Å²) in [6.45, 7) is 6.34. The molecule has 3 aromatic rings. The van der Waals surface area contributed by atoms with E-state index in [9.17, 15) is 9.59 Å². The van der Waals surface area contributed by atoms with Gasteiger partial charge in [0.15, 0.2) is 0 Å². The summed E-state index contributed by atoms with van der Waals surface area (Å²) in [4.78, 5) is 33.7. The van der Waals surface area contributed by atoms with Crippen molar-refractivity contribution < 1.29 is 4.79 Å². The standard InChI is InChI=1S/C23H24ClN5O2/c1-16-5-6-19(24)14-21(16)27-10-12-28(13-11-27)23(31)17(2)29-22(30)8-7-20(26-29)18-4-3-9-25-15-18/h3-9,14-15,17H,10-13H2,1-2H3. The topological polar surface area (TPSA) is 71.3 Å². The number of carbonyl (C=O) groups excluding carboxylic acids is 1. The van der Waals surface area contributed by atoms with Gasteiger partial charge < -0.3 is 9.80 Å². The van der Waals surface area contributed by atoms with E-state index in [-0.39, 0.29) is 11.5 Å². The number of hydrogen-bond donors (Lipinski definition) is 0. The average Bonchev–Trinajstić information content (AvgIpc) is 2.81. The highest BCUT2D eigenvalue weighted by Crippen LogP contribution is 2.25. The molecule has 2 aromatic heterocycles. The van der Waals surface area contributed by atoms with Crippen LogP contribution in [0.25, 0.3) is 11.3 Å². The van der Waals surface area contributed by atoms with E-state index in [0.29, 0.717) is 36.9 Å². The summed E-state index contributed by atoms with van der Waals surface area (Å²) < 4.78 is 1.26. The van der Waals surface area contributed by atoms with Crippen LogP contribution in [0.5, 0.6) is 0 Å². The average molecular weight is 438 g/mol. The molecule has 0 aliphatic carbocycles. The fourth-order valence-corrected chi connectivity index (χ4v) is 4.00. The van der Waals surface area contributed by atoms with Crippen LogP contribution in [0.3, 0.4) is 0 Å². The largest absolute Gasteiger partial charge is 0.368 e. The number of anilines is 1. The molecule has 0 spiro atoms. The molecule has 1 aromatic carbocycles. The normalized spacial score (nSPS) is 15.1. The van der Waals surface area contributed by atoms with Crippen molar-refractivity contribution in [2.75, 3.05) is 31.1 Å². The minimum absolute atomic E-state index is 0.111. The first kappa shape index (κ1) is 21.1. The summed E-state index contributed by atoms with van der Waals surface area (Å²) >= 11 is 6.16. The second-order valence-electron chi connectivity index (χ2n) is 7.66. The number of amides is 1. The van der Waals surface area contributed by atoms with Crippen molar-refractivity contribution in [3.63, 3.8) is 0 Å². The van der Waals surface area contributed by atoms with E-state index in [4.69, 9.17) is 11.6 Å². The highest BCUT2D eigenvalue weighted by Gasteiger charge is 2.27. The van der Waals surface area contributed by atoms with Crippen LogP contribution in [0.2, 0.25) is 5.02 Å². The summed E-state index contributed by atoms with van der Waals surface area (Å²) in [7, 11) is 0. The van der Waals surface area contributed by atoms with Gasteiger partial charge in [-0.3, -0.25) is 14.6 Å². The smallest absolute Gasteiger partial charge is 0.267 e. The Labute approximate surface area is 185 Å². The van der Waals surface area contributed by atoms with Gasteiger partial charge in [0.05, 0.1) is 5.69 Å². The van der Waals surface area contributed by atoms with Gasteiger partial charge in [0.2, 0.25) is 5.91 Å². The maximum atomic E-state index is 13.1. The van der Waals surface area contributed by atoms with Gasteiger partial charge in [0, 0.05) is 60.9 Å². The first-order valence-electron chi connectivity index (χ1n) is 10.2. The number of halogens is 1. The third kappa shape index (κ3) is 4.46. The quantitative estimate of drug-likeness (QED) is 0.627. The zero-order chi connectivity index (χ0) is 22.0. The van der Waals surface area contributed by atoms with Gasteiger partial charge in [0.1, 0.15) is 6.04 Å². The Morgan fingerprint density at radius 2 is 1.87 bits per heavy atom. The van der Waals surface area contributed by atoms with Crippen LogP contribution in [0.1, 0.15) is 18.5 Å². The Morgan fingerprint density at radius 3 is 2.58 bits per heavy atom. The number of aromatic nitrogens is 3. The third-order valence-corrected chi connectivity index (χ3v) is 5.84. The van der Waals surface area contributed by atoms with Gasteiger partial charge in [-0.15, -0.1) is 0 Å². The molecular formula is C23H24ClN5O2. The van der Waals surface area contributed by atoms with Crippen LogP contribution in [-0.2, 0) is 4.79 Å². The van der Waals surface area contributed by atoms with Gasteiger partial charge in [-0.25, -0.2) is 4.68 Å². The van der Waals surface area contributed by atoms with Crippen molar-refractivity contribution in [2.24, 2.45) is 0 Å². The molecule has 1 aliphatic rings. The van der Waals surface area contributed by atoms with E-state index < -0.39 is 6.04 Å². The van der Waals surface area contributed by atoms with Crippen LogP contribution < -0.4 is 10.5 Å². The first-order chi connectivity index (χ1) is 14.9. The van der Waals surface area contributed by atoms with Crippen molar-refractivity contribution in [1.29, 1.82) is 0 Å². The monoisotopic (exact) mass is 437 g/mol. The predicted molar refractivity (Wildman–Crippen MR) is 121 cm³/mol. The molecule has 0 saturated carbocycles. The lowest BCUT2D eigenvalue weighted by atomic mass is 10.1. The van der Waals surface area contributed by atoms with Gasteiger partial charge in [0.25, 0.3) is 5.56 Å². The molecule has 0 bridgehead atoms. The number of nitrogens with zero attached hydrogens (tertiary/aromatic N) is 5. The number of rotatable bonds is 4. The Hall–Kier alpha value is -3.19. The fraction of sp³-hybridized carbons (Fsp3) is 0.304. The van der Waals surface area contributed by atoms with E-state index >= 15 is 0 Å². The number of pyridine rings is 1. The molecule has 0 radical (unpaired) electrons. The number of carbonyl (C=O) groups is 1. The second kappa shape index (κ2) is 8.89. The van der Waals surface area contributed by atoms with Crippen molar-refractivity contribution in [1.82, 2.24) is 19.7 Å². The number of hydrogen-bond acceptors (Lipinski definition) is 5. The van der Waals surface area contributed by atoms with E-state index in [1.54, 1.807) is 30.3 Å². The summed E-state index contributed by atoms with van der Waals surface area (Å²) in [6, 6.07) is 11.9. The van der Waals surface area contributed by atoms with Crippen LogP contribution in [0, 0.1) is 6.92 Å². The lowest BCUT2D eigenvalue weighted by molar-refractivity contribution is -0.135. The summed E-state index contributed by atoms with van der Waals surface area (Å²) in [6.07, 6.45) is 3.36. The molecule has 4 rings (SSSR count). The minimum atomic E-state index is -0.691. The molecule has 1 amide bonds. The highest BCUT2D eigenvalue weighted by atomic mass is 35.5. The molecule has 0 N–H and O–H groups in total. The van der Waals surface area contributed by atoms with Gasteiger partial charge in [-0.1, -0.05) is 17.7 Å². The molecular weight excluding hydrogens is 414 g/mol. The van der Waals surface area contributed by atoms with Crippen LogP contribution in [0.4, 0.5) is 5.69 Å². The minimum Gasteiger partial charge on any atom is -0.368 e. The summed E-state index contributed by atoms with van der Waals surface area (Å²) in [5, 5.41) is 5.13. The summed E-state index contributed by atoms with van der Waals surface area (Å²) in [5.41, 5.74) is 3.34. The van der Waals surface area contributed by atoms with Gasteiger partial charge in [-0.2, -0.15) is 5.10 Å². The molecule has 1 aliphatic heterocycles. The van der Waals surface area contributed by atoms with Crippen molar-refractivity contribution in [2.45, 2.75) is 19.9 Å². The molecule has 1 fully saturated rings. The summed E-state index contributed by atoms with van der Waals surface area (Å²) in [5.74, 6) is -0.111. The molecule has 3 heterocycles. The van der Waals surface area contributed by atoms with Crippen LogP contribution in [-0.4, -0.2) is 51.8 Å². The first-order valence-corrected chi connectivity index (χ1v) is 10.6. The zero-order valence-electron chi connectivity index (χ0n) is 17.5. The molecule has 1 atom stereocenters. The van der Waals surface area contributed by atoms with E-state index in [1.807, 2.05) is 30.3 Å². The molecule has 31 heavy (non-hydrogen) atoms. The zero-order valence-corrected chi connectivity index (χ0v) is 18.3. The van der Waals surface area contributed by atoms with E-state index in [1.165, 1.54) is 10.7 Å². The van der Waals surface area contributed by atoms with E-state index in [2.05, 4.69) is 21.9 Å². The Bertz CT molecular complexity index is 1140. The maximum Gasteiger partial charge on any atom is 0.267 e. The fourth-order valence-electron chi connectivity index (χ4n) is 3.83. The lowest BCUT2D eigenvalue weighted by Crippen LogP contribution is -2.51. The predicted octanol–water partition coefficient (Wildman–Crippen LogP) is 3.18. The second-order valence-corrected chi connectivity index (χ2v) is 8.10. The van der Waals surface area contributed by atoms with Crippen molar-refractivity contribution in [3.05, 3.63) is 75.8 Å². The Kier molecular flexibility index (Phi) is 6.04. The van der Waals surface area contributed by atoms with E-state index in [0.717, 1.165) is 16.8 Å². The molecule has 8 heteroatoms. The highest BCUT2D eigenvalue weighted by molar-refractivity contribution is 6.30. The molecule has 1 unspecified atom stereocenters. The Morgan fingerprint density at radius 1 is 1.10 bits per heavy atom.